The predicted molar refractivity (Wildman–Crippen MR) is 76.4 cm³/mol. The van der Waals surface area contributed by atoms with Crippen LogP contribution in [0.2, 0.25) is 0 Å². The average molecular weight is 272 g/mol. The van der Waals surface area contributed by atoms with E-state index in [-0.39, 0.29) is 11.8 Å². The van der Waals surface area contributed by atoms with Gasteiger partial charge in [0.25, 0.3) is 0 Å². The highest BCUT2D eigenvalue weighted by molar-refractivity contribution is 5.89. The summed E-state index contributed by atoms with van der Waals surface area (Å²) in [6.45, 7) is 6.83. The summed E-state index contributed by atoms with van der Waals surface area (Å²) in [4.78, 5) is 23.9. The fourth-order valence-corrected chi connectivity index (χ4v) is 1.45. The van der Waals surface area contributed by atoms with Crippen LogP contribution in [0.15, 0.2) is 0 Å². The molecule has 0 spiro atoms. The summed E-state index contributed by atoms with van der Waals surface area (Å²) in [7, 11) is 0. The van der Waals surface area contributed by atoms with Crippen LogP contribution >= 0.6 is 0 Å². The van der Waals surface area contributed by atoms with Gasteiger partial charge in [0.15, 0.2) is 0 Å². The van der Waals surface area contributed by atoms with Gasteiger partial charge in [-0.2, -0.15) is 0 Å². The highest BCUT2D eigenvalue weighted by Crippen LogP contribution is 2.14. The lowest BCUT2D eigenvalue weighted by atomic mass is 9.94. The first-order valence-electron chi connectivity index (χ1n) is 6.81. The Morgan fingerprint density at radius 2 is 1.74 bits per heavy atom. The first-order valence-corrected chi connectivity index (χ1v) is 6.81. The maximum atomic E-state index is 11.9. The first kappa shape index (κ1) is 17.9. The summed E-state index contributed by atoms with van der Waals surface area (Å²) in [6.07, 6.45) is 2.24. The van der Waals surface area contributed by atoms with Gasteiger partial charge in [-0.3, -0.25) is 9.59 Å². The molecule has 1 unspecified atom stereocenters. The zero-order valence-corrected chi connectivity index (χ0v) is 12.3. The molecule has 0 rings (SSSR count). The number of hydrogen-bond donors (Lipinski definition) is 4. The van der Waals surface area contributed by atoms with Crippen LogP contribution < -0.4 is 22.1 Å². The summed E-state index contributed by atoms with van der Waals surface area (Å²) in [5.41, 5.74) is 10.3. The van der Waals surface area contributed by atoms with E-state index in [9.17, 15) is 9.59 Å². The monoisotopic (exact) mass is 272 g/mol. The van der Waals surface area contributed by atoms with Crippen molar-refractivity contribution in [2.24, 2.45) is 16.9 Å². The van der Waals surface area contributed by atoms with Crippen LogP contribution in [-0.2, 0) is 9.59 Å². The van der Waals surface area contributed by atoms with Gasteiger partial charge in [0.1, 0.15) is 6.04 Å². The van der Waals surface area contributed by atoms with Crippen LogP contribution in [0.1, 0.15) is 40.0 Å². The molecule has 6 heteroatoms. The van der Waals surface area contributed by atoms with E-state index in [1.807, 2.05) is 20.8 Å². The molecule has 0 aromatic rings. The molecule has 6 N–H and O–H groups in total. The lowest BCUT2D eigenvalue weighted by Crippen LogP contribution is -2.50. The number of unbranched alkanes of at least 4 members (excludes halogenated alkanes) is 1. The molecule has 0 saturated carbocycles. The Morgan fingerprint density at radius 3 is 2.21 bits per heavy atom. The molecular formula is C13H28N4O2. The third-order valence-electron chi connectivity index (χ3n) is 2.69. The summed E-state index contributed by atoms with van der Waals surface area (Å²) in [5, 5.41) is 5.50. The lowest BCUT2D eigenvalue weighted by molar-refractivity contribution is -0.133. The fourth-order valence-electron chi connectivity index (χ4n) is 1.45. The van der Waals surface area contributed by atoms with Gasteiger partial charge in [-0.15, -0.1) is 0 Å². The number of rotatable bonds is 8. The second kappa shape index (κ2) is 8.87. The van der Waals surface area contributed by atoms with Crippen LogP contribution in [0.25, 0.3) is 0 Å². The average Bonchev–Trinajstić information content (AvgIpc) is 2.33. The van der Waals surface area contributed by atoms with Gasteiger partial charge < -0.3 is 22.1 Å². The van der Waals surface area contributed by atoms with E-state index in [0.29, 0.717) is 26.1 Å². The van der Waals surface area contributed by atoms with E-state index in [1.54, 1.807) is 0 Å². The number of nitrogens with one attached hydrogen (secondary N) is 2. The standard InChI is InChI=1S/C13H28N4O2/c1-13(2,3)12(19)17-10(6-4-5-7-14)11(18)16-9-8-15/h10H,4-9,14-15H2,1-3H3,(H,16,18)(H,17,19). The highest BCUT2D eigenvalue weighted by atomic mass is 16.2. The Labute approximate surface area is 115 Å². The Balaban J connectivity index is 4.48. The first-order chi connectivity index (χ1) is 8.82. The molecule has 0 aliphatic carbocycles. The van der Waals surface area contributed by atoms with Crippen LogP contribution in [0.4, 0.5) is 0 Å². The number of nitrogens with two attached hydrogens (primary N) is 2. The van der Waals surface area contributed by atoms with E-state index in [2.05, 4.69) is 10.6 Å². The maximum Gasteiger partial charge on any atom is 0.242 e. The van der Waals surface area contributed by atoms with E-state index in [0.717, 1.165) is 12.8 Å². The molecule has 0 saturated heterocycles. The largest absolute Gasteiger partial charge is 0.353 e. The molecule has 0 aliphatic rings. The SMILES string of the molecule is CC(C)(C)C(=O)NC(CCCCN)C(=O)NCCN. The summed E-state index contributed by atoms with van der Waals surface area (Å²) in [5.74, 6) is -0.312. The number of amides is 2. The minimum atomic E-state index is -0.514. The van der Waals surface area contributed by atoms with Gasteiger partial charge in [0, 0.05) is 18.5 Å². The van der Waals surface area contributed by atoms with Gasteiger partial charge in [0.05, 0.1) is 0 Å². The molecular weight excluding hydrogens is 244 g/mol. The van der Waals surface area contributed by atoms with Crippen molar-refractivity contribution < 1.29 is 9.59 Å². The lowest BCUT2D eigenvalue weighted by Gasteiger charge is -2.23. The zero-order chi connectivity index (χ0) is 14.9. The Hall–Kier alpha value is -1.14. The zero-order valence-electron chi connectivity index (χ0n) is 12.3. The van der Waals surface area contributed by atoms with Gasteiger partial charge in [-0.05, 0) is 25.8 Å². The molecule has 1 atom stereocenters. The summed E-state index contributed by atoms with van der Waals surface area (Å²) < 4.78 is 0. The number of hydrogen-bond acceptors (Lipinski definition) is 4. The Morgan fingerprint density at radius 1 is 1.11 bits per heavy atom. The molecule has 0 heterocycles. The topological polar surface area (TPSA) is 110 Å². The molecule has 19 heavy (non-hydrogen) atoms. The predicted octanol–water partition coefficient (Wildman–Crippen LogP) is -0.279. The van der Waals surface area contributed by atoms with Crippen molar-refractivity contribution in [1.29, 1.82) is 0 Å². The molecule has 0 aromatic heterocycles. The Kier molecular flexibility index (Phi) is 8.34. The van der Waals surface area contributed by atoms with Crippen molar-refractivity contribution in [3.63, 3.8) is 0 Å². The Bertz CT molecular complexity index is 287. The molecule has 6 nitrogen and oxygen atoms in total. The van der Waals surface area contributed by atoms with Crippen molar-refractivity contribution in [3.05, 3.63) is 0 Å². The van der Waals surface area contributed by atoms with Crippen LogP contribution in [0.5, 0.6) is 0 Å². The highest BCUT2D eigenvalue weighted by Gasteiger charge is 2.26. The van der Waals surface area contributed by atoms with E-state index < -0.39 is 11.5 Å². The van der Waals surface area contributed by atoms with Gasteiger partial charge in [-0.25, -0.2) is 0 Å². The van der Waals surface area contributed by atoms with Crippen LogP contribution in [0, 0.1) is 5.41 Å². The molecule has 2 amide bonds. The van der Waals surface area contributed by atoms with Crippen molar-refractivity contribution in [3.8, 4) is 0 Å². The molecule has 0 radical (unpaired) electrons. The van der Waals surface area contributed by atoms with E-state index >= 15 is 0 Å². The van der Waals surface area contributed by atoms with Gasteiger partial charge in [-0.1, -0.05) is 20.8 Å². The molecule has 0 aliphatic heterocycles. The molecule has 0 bridgehead atoms. The number of carbonyl (C=O) groups is 2. The van der Waals surface area contributed by atoms with E-state index in [1.165, 1.54) is 0 Å². The molecule has 112 valence electrons. The smallest absolute Gasteiger partial charge is 0.242 e. The maximum absolute atomic E-state index is 11.9. The molecule has 0 aromatic carbocycles. The number of carbonyl (C=O) groups excluding carboxylic acids is 2. The fraction of sp³-hybridized carbons (Fsp3) is 0.846. The second-order valence-corrected chi connectivity index (χ2v) is 5.64. The third-order valence-corrected chi connectivity index (χ3v) is 2.69. The van der Waals surface area contributed by atoms with Gasteiger partial charge >= 0.3 is 0 Å². The summed E-state index contributed by atoms with van der Waals surface area (Å²) in [6, 6.07) is -0.509. The van der Waals surface area contributed by atoms with Crippen LogP contribution in [-0.4, -0.2) is 37.5 Å². The van der Waals surface area contributed by atoms with Crippen molar-refractivity contribution in [1.82, 2.24) is 10.6 Å². The molecule has 0 fully saturated rings. The van der Waals surface area contributed by atoms with Gasteiger partial charge in [0.2, 0.25) is 11.8 Å². The van der Waals surface area contributed by atoms with Crippen LogP contribution in [0.3, 0.4) is 0 Å². The quantitative estimate of drug-likeness (QED) is 0.455. The normalized spacial score (nSPS) is 12.9. The van der Waals surface area contributed by atoms with E-state index in [4.69, 9.17) is 11.5 Å². The summed E-state index contributed by atoms with van der Waals surface area (Å²) >= 11 is 0. The van der Waals surface area contributed by atoms with Crippen molar-refractivity contribution in [2.45, 2.75) is 46.1 Å². The second-order valence-electron chi connectivity index (χ2n) is 5.64. The minimum absolute atomic E-state index is 0.131. The van der Waals surface area contributed by atoms with Crippen molar-refractivity contribution in [2.75, 3.05) is 19.6 Å². The third kappa shape index (κ3) is 7.79. The van der Waals surface area contributed by atoms with Crippen molar-refractivity contribution >= 4 is 11.8 Å². The minimum Gasteiger partial charge on any atom is -0.353 e.